The van der Waals surface area contributed by atoms with Gasteiger partial charge in [-0.05, 0) is 36.4 Å². The first-order chi connectivity index (χ1) is 10.0. The van der Waals surface area contributed by atoms with Crippen LogP contribution in [0.1, 0.15) is 10.4 Å². The molecule has 0 aliphatic carbocycles. The van der Waals surface area contributed by atoms with E-state index >= 15 is 0 Å². The Morgan fingerprint density at radius 3 is 2.38 bits per heavy atom. The molecule has 0 aliphatic heterocycles. The fraction of sp³-hybridized carbons (Fsp3) is 0.133. The number of nitrogens with one attached hydrogen (secondary N) is 1. The minimum atomic E-state index is -0.591. The summed E-state index contributed by atoms with van der Waals surface area (Å²) < 4.78 is 24.4. The van der Waals surface area contributed by atoms with Gasteiger partial charge in [0.25, 0.3) is 5.91 Å². The van der Waals surface area contributed by atoms with E-state index in [1.54, 1.807) is 18.2 Å². The number of benzene rings is 2. The normalized spacial score (nSPS) is 10.1. The third kappa shape index (κ3) is 3.52. The van der Waals surface area contributed by atoms with Gasteiger partial charge >= 0.3 is 0 Å². The Kier molecular flexibility index (Phi) is 4.80. The summed E-state index contributed by atoms with van der Waals surface area (Å²) in [7, 11) is 2.87. The summed E-state index contributed by atoms with van der Waals surface area (Å²) >= 11 is 3.32. The van der Waals surface area contributed by atoms with E-state index in [1.807, 2.05) is 0 Å². The van der Waals surface area contributed by atoms with Crippen molar-refractivity contribution in [1.29, 1.82) is 0 Å². The number of anilines is 1. The molecule has 110 valence electrons. The lowest BCUT2D eigenvalue weighted by atomic mass is 10.2. The highest BCUT2D eigenvalue weighted by molar-refractivity contribution is 9.10. The molecule has 0 fully saturated rings. The van der Waals surface area contributed by atoms with Crippen molar-refractivity contribution in [2.24, 2.45) is 0 Å². The van der Waals surface area contributed by atoms with Gasteiger partial charge in [-0.3, -0.25) is 4.79 Å². The molecule has 2 aromatic rings. The van der Waals surface area contributed by atoms with E-state index in [-0.39, 0.29) is 11.3 Å². The highest BCUT2D eigenvalue weighted by atomic mass is 79.9. The molecule has 2 aromatic carbocycles. The highest BCUT2D eigenvalue weighted by Crippen LogP contribution is 2.28. The van der Waals surface area contributed by atoms with E-state index in [0.29, 0.717) is 11.4 Å². The molecule has 6 heteroatoms. The van der Waals surface area contributed by atoms with Crippen molar-refractivity contribution in [2.75, 3.05) is 19.5 Å². The van der Waals surface area contributed by atoms with Crippen molar-refractivity contribution in [3.63, 3.8) is 0 Å². The first-order valence-electron chi connectivity index (χ1n) is 6.03. The van der Waals surface area contributed by atoms with Crippen molar-refractivity contribution < 1.29 is 18.7 Å². The van der Waals surface area contributed by atoms with Crippen LogP contribution in [0.4, 0.5) is 10.1 Å². The summed E-state index contributed by atoms with van der Waals surface area (Å²) in [5, 5.41) is 2.68. The number of halogens is 2. The van der Waals surface area contributed by atoms with Crippen molar-refractivity contribution in [2.45, 2.75) is 0 Å². The van der Waals surface area contributed by atoms with Crippen molar-refractivity contribution in [3.8, 4) is 11.5 Å². The van der Waals surface area contributed by atoms with E-state index in [2.05, 4.69) is 21.2 Å². The maximum absolute atomic E-state index is 13.6. The lowest BCUT2D eigenvalue weighted by Gasteiger charge is -2.11. The molecule has 0 radical (unpaired) electrons. The van der Waals surface area contributed by atoms with Crippen LogP contribution in [0.3, 0.4) is 0 Å². The van der Waals surface area contributed by atoms with Crippen LogP contribution in [0.2, 0.25) is 0 Å². The van der Waals surface area contributed by atoms with Crippen LogP contribution in [0.5, 0.6) is 11.5 Å². The Labute approximate surface area is 130 Å². The monoisotopic (exact) mass is 353 g/mol. The zero-order valence-electron chi connectivity index (χ0n) is 11.4. The number of hydrogen-bond acceptors (Lipinski definition) is 3. The van der Waals surface area contributed by atoms with Gasteiger partial charge in [0.1, 0.15) is 5.75 Å². The molecule has 0 aliphatic rings. The van der Waals surface area contributed by atoms with E-state index in [1.165, 1.54) is 26.4 Å². The molecule has 1 amide bonds. The predicted octanol–water partition coefficient (Wildman–Crippen LogP) is 3.86. The van der Waals surface area contributed by atoms with E-state index in [4.69, 9.17) is 9.47 Å². The Bertz CT molecular complexity index is 676. The van der Waals surface area contributed by atoms with Gasteiger partial charge < -0.3 is 14.8 Å². The zero-order valence-corrected chi connectivity index (χ0v) is 13.0. The maximum atomic E-state index is 13.6. The fourth-order valence-electron chi connectivity index (χ4n) is 1.78. The van der Waals surface area contributed by atoms with Crippen LogP contribution >= 0.6 is 15.9 Å². The fourth-order valence-corrected chi connectivity index (χ4v) is 2.14. The van der Waals surface area contributed by atoms with Crippen LogP contribution < -0.4 is 14.8 Å². The van der Waals surface area contributed by atoms with Crippen LogP contribution in [-0.4, -0.2) is 20.1 Å². The summed E-state index contributed by atoms with van der Waals surface area (Å²) in [5.74, 6) is -0.425. The summed E-state index contributed by atoms with van der Waals surface area (Å²) in [6.07, 6.45) is 0. The number of methoxy groups -OCH3 is 2. The lowest BCUT2D eigenvalue weighted by Crippen LogP contribution is -2.13. The van der Waals surface area contributed by atoms with Crippen molar-refractivity contribution >= 4 is 27.5 Å². The lowest BCUT2D eigenvalue weighted by molar-refractivity contribution is 0.102. The van der Waals surface area contributed by atoms with E-state index in [0.717, 1.165) is 10.5 Å². The van der Waals surface area contributed by atoms with Crippen molar-refractivity contribution in [3.05, 3.63) is 52.3 Å². The molecule has 0 unspecified atom stereocenters. The Morgan fingerprint density at radius 2 is 1.76 bits per heavy atom. The van der Waals surface area contributed by atoms with Gasteiger partial charge in [-0.25, -0.2) is 4.39 Å². The molecular formula is C15H13BrFNO3. The molecule has 0 heterocycles. The summed E-state index contributed by atoms with van der Waals surface area (Å²) in [5.41, 5.74) is 0.684. The summed E-state index contributed by atoms with van der Waals surface area (Å²) in [6, 6.07) is 9.23. The minimum absolute atomic E-state index is 0.0894. The zero-order chi connectivity index (χ0) is 15.4. The number of carbonyl (C=O) groups excluding carboxylic acids is 1. The number of hydrogen-bond donors (Lipinski definition) is 1. The Hall–Kier alpha value is -2.08. The first-order valence-corrected chi connectivity index (χ1v) is 6.83. The van der Waals surface area contributed by atoms with Gasteiger partial charge in [0.15, 0.2) is 11.6 Å². The van der Waals surface area contributed by atoms with Gasteiger partial charge in [-0.1, -0.05) is 15.9 Å². The molecule has 0 saturated heterocycles. The van der Waals surface area contributed by atoms with Crippen LogP contribution in [0.15, 0.2) is 40.9 Å². The standard InChI is InChI=1S/C15H13BrFNO3/c1-20-13-5-3-9(7-11(13)17)15(19)18-12-8-10(16)4-6-14(12)21-2/h3-8H,1-2H3,(H,18,19). The van der Waals surface area contributed by atoms with Gasteiger partial charge in [0.05, 0.1) is 19.9 Å². The second-order valence-corrected chi connectivity index (χ2v) is 5.06. The SMILES string of the molecule is COc1ccc(C(=O)Nc2cc(Br)ccc2OC)cc1F. The quantitative estimate of drug-likeness (QED) is 0.907. The summed E-state index contributed by atoms with van der Waals surface area (Å²) in [6.45, 7) is 0. The molecule has 21 heavy (non-hydrogen) atoms. The molecular weight excluding hydrogens is 341 g/mol. The van der Waals surface area contributed by atoms with Gasteiger partial charge in [-0.15, -0.1) is 0 Å². The highest BCUT2D eigenvalue weighted by Gasteiger charge is 2.13. The second kappa shape index (κ2) is 6.58. The van der Waals surface area contributed by atoms with E-state index < -0.39 is 11.7 Å². The van der Waals surface area contributed by atoms with Gasteiger partial charge in [0, 0.05) is 10.0 Å². The number of carbonyl (C=O) groups is 1. The molecule has 4 nitrogen and oxygen atoms in total. The maximum Gasteiger partial charge on any atom is 0.255 e. The molecule has 0 aromatic heterocycles. The third-order valence-electron chi connectivity index (χ3n) is 2.82. The van der Waals surface area contributed by atoms with Crippen molar-refractivity contribution in [1.82, 2.24) is 0 Å². The molecule has 0 bridgehead atoms. The topological polar surface area (TPSA) is 47.6 Å². The molecule has 0 saturated carbocycles. The molecule has 0 spiro atoms. The molecule has 2 rings (SSSR count). The second-order valence-electron chi connectivity index (χ2n) is 4.15. The number of rotatable bonds is 4. The average Bonchev–Trinajstić information content (AvgIpc) is 2.47. The third-order valence-corrected chi connectivity index (χ3v) is 3.32. The largest absolute Gasteiger partial charge is 0.495 e. The average molecular weight is 354 g/mol. The minimum Gasteiger partial charge on any atom is -0.495 e. The summed E-state index contributed by atoms with van der Waals surface area (Å²) in [4.78, 5) is 12.2. The van der Waals surface area contributed by atoms with Crippen LogP contribution in [0, 0.1) is 5.82 Å². The van der Waals surface area contributed by atoms with Gasteiger partial charge in [-0.2, -0.15) is 0 Å². The predicted molar refractivity (Wildman–Crippen MR) is 81.6 cm³/mol. The Morgan fingerprint density at radius 1 is 1.10 bits per heavy atom. The Balaban J connectivity index is 2.26. The van der Waals surface area contributed by atoms with Crippen LogP contribution in [0.25, 0.3) is 0 Å². The van der Waals surface area contributed by atoms with Crippen LogP contribution in [-0.2, 0) is 0 Å². The first kappa shape index (κ1) is 15.3. The number of amides is 1. The smallest absolute Gasteiger partial charge is 0.255 e. The molecule has 1 N–H and O–H groups in total. The number of ether oxygens (including phenoxy) is 2. The van der Waals surface area contributed by atoms with Gasteiger partial charge in [0.2, 0.25) is 0 Å². The molecule has 0 atom stereocenters. The van der Waals surface area contributed by atoms with E-state index in [9.17, 15) is 9.18 Å².